The topological polar surface area (TPSA) is 133 Å². The summed E-state index contributed by atoms with van der Waals surface area (Å²) in [5, 5.41) is 8.70. The molecule has 2 saturated heterocycles. The van der Waals surface area contributed by atoms with Gasteiger partial charge in [0.1, 0.15) is 12.6 Å². The molecule has 0 spiro atoms. The summed E-state index contributed by atoms with van der Waals surface area (Å²) in [6, 6.07) is 1.76. The van der Waals surface area contributed by atoms with E-state index in [9.17, 15) is 13.2 Å². The number of pyridine rings is 1. The molecule has 2 aliphatic rings. The third-order valence-corrected chi connectivity index (χ3v) is 4.27. The van der Waals surface area contributed by atoms with E-state index in [4.69, 9.17) is 14.7 Å². The molecule has 10 nitrogen and oxygen atoms in total. The van der Waals surface area contributed by atoms with E-state index >= 15 is 0 Å². The first-order chi connectivity index (χ1) is 11.3. The van der Waals surface area contributed by atoms with Crippen molar-refractivity contribution in [1.29, 1.82) is 5.41 Å². The van der Waals surface area contributed by atoms with E-state index in [1.165, 1.54) is 4.90 Å². The second kappa shape index (κ2) is 6.34. The third-order valence-electron chi connectivity index (χ3n) is 3.92. The van der Waals surface area contributed by atoms with E-state index in [1.807, 2.05) is 0 Å². The van der Waals surface area contributed by atoms with Crippen LogP contribution in [0.2, 0.25) is 0 Å². The average molecular weight is 356 g/mol. The molecular weight excluding hydrogens is 340 g/mol. The zero-order valence-corrected chi connectivity index (χ0v) is 13.3. The highest BCUT2D eigenvalue weighted by Gasteiger charge is 2.48. The lowest BCUT2D eigenvalue weighted by Gasteiger charge is -2.30. The van der Waals surface area contributed by atoms with Crippen molar-refractivity contribution < 1.29 is 26.8 Å². The summed E-state index contributed by atoms with van der Waals surface area (Å²) >= 11 is 0. The van der Waals surface area contributed by atoms with Crippen LogP contribution >= 0.6 is 0 Å². The minimum Gasteiger partial charge on any atom is -0.475 e. The van der Waals surface area contributed by atoms with E-state index in [1.54, 1.807) is 24.5 Å². The predicted molar refractivity (Wildman–Crippen MR) is 80.1 cm³/mol. The van der Waals surface area contributed by atoms with Crippen molar-refractivity contribution in [3.63, 3.8) is 0 Å². The third kappa shape index (κ3) is 3.47. The Kier molecular flexibility index (Phi) is 4.39. The van der Waals surface area contributed by atoms with Crippen molar-refractivity contribution in [3.8, 4) is 0 Å². The van der Waals surface area contributed by atoms with Crippen LogP contribution in [0.4, 0.5) is 4.79 Å². The quantitative estimate of drug-likeness (QED) is 0.448. The first kappa shape index (κ1) is 16.6. The minimum absolute atomic E-state index is 0.0839. The number of amides is 2. The van der Waals surface area contributed by atoms with Gasteiger partial charge in [0, 0.05) is 24.5 Å². The number of nitrogens with one attached hydrogen (secondary N) is 1. The van der Waals surface area contributed by atoms with E-state index < -0.39 is 28.5 Å². The van der Waals surface area contributed by atoms with Gasteiger partial charge in [0.2, 0.25) is 5.90 Å². The van der Waals surface area contributed by atoms with Gasteiger partial charge in [0.15, 0.2) is 0 Å². The number of urea groups is 1. The number of piperidine rings is 1. The smallest absolute Gasteiger partial charge is 0.418 e. The molecule has 0 aromatic carbocycles. The molecule has 2 aliphatic heterocycles. The second-order valence-electron chi connectivity index (χ2n) is 5.52. The lowest BCUT2D eigenvalue weighted by molar-refractivity contribution is -0.0316. The number of ether oxygens (including phenoxy) is 1. The highest BCUT2D eigenvalue weighted by molar-refractivity contribution is 7.80. The molecule has 2 atom stereocenters. The molecule has 0 saturated carbocycles. The Bertz CT molecular complexity index is 740. The summed E-state index contributed by atoms with van der Waals surface area (Å²) in [6.07, 6.45) is 4.12. The van der Waals surface area contributed by atoms with Crippen molar-refractivity contribution in [2.75, 3.05) is 6.54 Å². The first-order valence-corrected chi connectivity index (χ1v) is 8.58. The molecule has 3 heterocycles. The standard InChI is InChI=1S/C13H16N4O6S/c14-12(22-8-9-2-1-5-15-6-9)11-4-3-10-7-16(11)13(18)17(10)23-24(19,20)21/h1-2,5-6,10-11,14H,3-4,7-8H2,(H,19,20,21)/t10-,11+/m1/s1. The van der Waals surface area contributed by atoms with Crippen molar-refractivity contribution in [2.24, 2.45) is 0 Å². The number of hydroxylamine groups is 2. The van der Waals surface area contributed by atoms with Crippen LogP contribution in [0, 0.1) is 5.41 Å². The average Bonchev–Trinajstić information content (AvgIpc) is 2.77. The van der Waals surface area contributed by atoms with Crippen molar-refractivity contribution in [1.82, 2.24) is 14.9 Å². The van der Waals surface area contributed by atoms with Gasteiger partial charge in [-0.15, -0.1) is 4.28 Å². The summed E-state index contributed by atoms with van der Waals surface area (Å²) in [5.74, 6) is -0.0839. The van der Waals surface area contributed by atoms with Gasteiger partial charge >= 0.3 is 16.4 Å². The summed E-state index contributed by atoms with van der Waals surface area (Å²) < 4.78 is 40.2. The maximum absolute atomic E-state index is 12.2. The zero-order chi connectivity index (χ0) is 17.3. The van der Waals surface area contributed by atoms with Crippen molar-refractivity contribution >= 4 is 22.3 Å². The summed E-state index contributed by atoms with van der Waals surface area (Å²) in [7, 11) is -4.78. The number of hydrogen-bond acceptors (Lipinski definition) is 7. The number of hydrogen-bond donors (Lipinski definition) is 2. The van der Waals surface area contributed by atoms with Gasteiger partial charge < -0.3 is 9.64 Å². The molecule has 0 radical (unpaired) electrons. The fourth-order valence-electron chi connectivity index (χ4n) is 2.84. The van der Waals surface area contributed by atoms with Gasteiger partial charge in [-0.05, 0) is 18.9 Å². The lowest BCUT2D eigenvalue weighted by Crippen LogP contribution is -2.45. The Hall–Kier alpha value is -2.24. The summed E-state index contributed by atoms with van der Waals surface area (Å²) in [6.45, 7) is 0.359. The number of nitrogens with zero attached hydrogens (tertiary/aromatic N) is 3. The van der Waals surface area contributed by atoms with Crippen LogP contribution in [0.1, 0.15) is 18.4 Å². The van der Waals surface area contributed by atoms with Gasteiger partial charge in [-0.2, -0.15) is 13.5 Å². The predicted octanol–water partition coefficient (Wildman–Crippen LogP) is 0.578. The normalized spacial score (nSPS) is 23.5. The molecule has 11 heteroatoms. The Morgan fingerprint density at radius 2 is 2.25 bits per heavy atom. The molecule has 1 aromatic heterocycles. The van der Waals surface area contributed by atoms with Gasteiger partial charge in [-0.25, -0.2) is 4.79 Å². The van der Waals surface area contributed by atoms with Crippen LogP contribution in [0.15, 0.2) is 24.5 Å². The SMILES string of the molecule is N=C(OCc1cccnc1)[C@@H]1CC[C@@H]2CN1C(=O)N2OS(=O)(=O)O. The first-order valence-electron chi connectivity index (χ1n) is 7.22. The number of carbonyl (C=O) groups is 1. The van der Waals surface area contributed by atoms with Crippen molar-refractivity contribution in [3.05, 3.63) is 30.1 Å². The maximum atomic E-state index is 12.2. The molecule has 24 heavy (non-hydrogen) atoms. The molecule has 2 amide bonds. The largest absolute Gasteiger partial charge is 0.475 e. The fourth-order valence-corrected chi connectivity index (χ4v) is 3.23. The van der Waals surface area contributed by atoms with Crippen LogP contribution in [-0.2, 0) is 26.0 Å². The number of aromatic nitrogens is 1. The molecule has 130 valence electrons. The van der Waals surface area contributed by atoms with E-state index in [0.717, 1.165) is 5.56 Å². The molecule has 2 fully saturated rings. The Morgan fingerprint density at radius 3 is 2.92 bits per heavy atom. The fraction of sp³-hybridized carbons (Fsp3) is 0.462. The highest BCUT2D eigenvalue weighted by atomic mass is 32.3. The Labute approximate surface area is 138 Å². The van der Waals surface area contributed by atoms with Gasteiger partial charge in [-0.3, -0.25) is 14.9 Å². The molecular formula is C13H16N4O6S. The van der Waals surface area contributed by atoms with E-state index in [-0.39, 0.29) is 19.0 Å². The van der Waals surface area contributed by atoms with E-state index in [2.05, 4.69) is 9.27 Å². The van der Waals surface area contributed by atoms with Crippen LogP contribution in [0.3, 0.4) is 0 Å². The summed E-state index contributed by atoms with van der Waals surface area (Å²) in [5.41, 5.74) is 0.792. The minimum atomic E-state index is -4.78. The van der Waals surface area contributed by atoms with Crippen LogP contribution < -0.4 is 0 Å². The lowest BCUT2D eigenvalue weighted by atomic mass is 10.0. The Morgan fingerprint density at radius 1 is 1.46 bits per heavy atom. The maximum Gasteiger partial charge on any atom is 0.418 e. The van der Waals surface area contributed by atoms with Crippen LogP contribution in [-0.4, -0.2) is 58.5 Å². The zero-order valence-electron chi connectivity index (χ0n) is 12.5. The molecule has 1 aromatic rings. The molecule has 3 rings (SSSR count). The highest BCUT2D eigenvalue weighted by Crippen LogP contribution is 2.31. The molecule has 2 bridgehead atoms. The molecule has 2 N–H and O–H groups in total. The molecule has 0 unspecified atom stereocenters. The number of fused-ring (bicyclic) bond motifs is 2. The number of rotatable bonds is 5. The van der Waals surface area contributed by atoms with Gasteiger partial charge in [-0.1, -0.05) is 6.07 Å². The van der Waals surface area contributed by atoms with E-state index in [0.29, 0.717) is 17.9 Å². The van der Waals surface area contributed by atoms with Crippen LogP contribution in [0.5, 0.6) is 0 Å². The van der Waals surface area contributed by atoms with Gasteiger partial charge in [0.25, 0.3) is 0 Å². The monoisotopic (exact) mass is 356 g/mol. The molecule has 0 aliphatic carbocycles. The second-order valence-corrected chi connectivity index (χ2v) is 6.53. The summed E-state index contributed by atoms with van der Waals surface area (Å²) in [4.78, 5) is 17.5. The van der Waals surface area contributed by atoms with Crippen molar-refractivity contribution in [2.45, 2.75) is 31.5 Å². The van der Waals surface area contributed by atoms with Crippen LogP contribution in [0.25, 0.3) is 0 Å². The number of carbonyl (C=O) groups excluding carboxylic acids is 1. The Balaban J connectivity index is 1.64. The van der Waals surface area contributed by atoms with Gasteiger partial charge in [0.05, 0.1) is 6.04 Å².